The molecule has 2 unspecified atom stereocenters. The maximum Gasteiger partial charge on any atom is 0.275 e. The van der Waals surface area contributed by atoms with E-state index in [2.05, 4.69) is 141 Å². The van der Waals surface area contributed by atoms with Gasteiger partial charge in [-0.2, -0.15) is 0 Å². The van der Waals surface area contributed by atoms with Crippen LogP contribution in [0.15, 0.2) is 60.7 Å². The first-order valence-corrected chi connectivity index (χ1v) is 20.6. The van der Waals surface area contributed by atoms with Crippen LogP contribution in [0.2, 0.25) is 0 Å². The van der Waals surface area contributed by atoms with E-state index in [1.165, 1.54) is 5.56 Å². The van der Waals surface area contributed by atoms with Crippen molar-refractivity contribution in [2.45, 2.75) is 145 Å². The van der Waals surface area contributed by atoms with Crippen molar-refractivity contribution in [3.8, 4) is 39.9 Å². The largest absolute Gasteiger partial charge is 0.488 e. The van der Waals surface area contributed by atoms with Crippen molar-refractivity contribution in [3.63, 3.8) is 0 Å². The van der Waals surface area contributed by atoms with Crippen molar-refractivity contribution >= 4 is 18.1 Å². The third-order valence-corrected chi connectivity index (χ3v) is 10.6. The van der Waals surface area contributed by atoms with Crippen molar-refractivity contribution in [1.29, 1.82) is 0 Å². The van der Waals surface area contributed by atoms with Gasteiger partial charge in [0.15, 0.2) is 0 Å². The molecule has 2 atom stereocenters. The van der Waals surface area contributed by atoms with Gasteiger partial charge in [-0.25, -0.2) is 0 Å². The summed E-state index contributed by atoms with van der Waals surface area (Å²) in [5.41, 5.74) is 8.68. The van der Waals surface area contributed by atoms with Gasteiger partial charge in [-0.15, -0.1) is 0 Å². The fourth-order valence-electron chi connectivity index (χ4n) is 6.64. The second-order valence-electron chi connectivity index (χ2n) is 18.0. The van der Waals surface area contributed by atoms with E-state index < -0.39 is 5.60 Å². The molecule has 0 heterocycles. The summed E-state index contributed by atoms with van der Waals surface area (Å²) in [7, 11) is -0.535. The van der Waals surface area contributed by atoms with Gasteiger partial charge in [0.05, 0.1) is 0 Å². The summed E-state index contributed by atoms with van der Waals surface area (Å²) in [6.45, 7) is 35.2. The number of rotatable bonds is 12. The molecule has 4 aromatic carbocycles. The van der Waals surface area contributed by atoms with E-state index in [0.29, 0.717) is 0 Å². The summed E-state index contributed by atoms with van der Waals surface area (Å²) in [5.74, 6) is 4.09. The van der Waals surface area contributed by atoms with E-state index in [1.54, 1.807) is 0 Å². The number of para-hydroxylation sites is 2. The summed E-state index contributed by atoms with van der Waals surface area (Å²) in [4.78, 5) is 0. The van der Waals surface area contributed by atoms with Gasteiger partial charge >= 0.3 is 0 Å². The Kier molecular flexibility index (Phi) is 13.3. The SMILES string of the molecule is CCc1ccccc1OPOc1c(C(C)(C)C)cc(OC(C)(C)C)c(C)c1-c1c(C)c(C(C)(C)C)cc(C(C)(C)C)c1OPOc1ccccc1CC. The number of hydrogen-bond donors (Lipinski definition) is 0. The maximum atomic E-state index is 6.96. The predicted octanol–water partition coefficient (Wildman–Crippen LogP) is 14.1. The van der Waals surface area contributed by atoms with Crippen molar-refractivity contribution in [1.82, 2.24) is 0 Å². The lowest BCUT2D eigenvalue weighted by atomic mass is 9.74. The molecule has 0 aliphatic rings. The highest BCUT2D eigenvalue weighted by Crippen LogP contribution is 2.55. The van der Waals surface area contributed by atoms with Crippen LogP contribution in [0.1, 0.15) is 136 Å². The zero-order valence-electron chi connectivity index (χ0n) is 35.2. The lowest BCUT2D eigenvalue weighted by Crippen LogP contribution is -2.24. The monoisotopic (exact) mass is 758 g/mol. The Balaban J connectivity index is 2.09. The average molecular weight is 759 g/mol. The molecule has 4 rings (SSSR count). The van der Waals surface area contributed by atoms with E-state index in [0.717, 1.165) is 86.1 Å². The molecule has 7 heteroatoms. The molecule has 0 N–H and O–H groups in total. The molecule has 0 saturated heterocycles. The van der Waals surface area contributed by atoms with Crippen molar-refractivity contribution in [2.75, 3.05) is 0 Å². The molecule has 0 amide bonds. The zero-order valence-corrected chi connectivity index (χ0v) is 37.2. The molecule has 4 aromatic rings. The van der Waals surface area contributed by atoms with Crippen LogP contribution < -0.4 is 22.8 Å². The van der Waals surface area contributed by atoms with Crippen molar-refractivity contribution < 1.29 is 22.8 Å². The summed E-state index contributed by atoms with van der Waals surface area (Å²) in [6, 6.07) is 20.9. The molecule has 0 aliphatic heterocycles. The van der Waals surface area contributed by atoms with Gasteiger partial charge in [-0.3, -0.25) is 0 Å². The highest BCUT2D eigenvalue weighted by Gasteiger charge is 2.35. The Morgan fingerprint density at radius 3 is 1.26 bits per heavy atom. The summed E-state index contributed by atoms with van der Waals surface area (Å²) >= 11 is 0. The van der Waals surface area contributed by atoms with Crippen LogP contribution >= 0.6 is 18.1 Å². The molecule has 0 aromatic heterocycles. The third kappa shape index (κ3) is 10.3. The number of ether oxygens (including phenoxy) is 1. The fourth-order valence-corrected chi connectivity index (χ4v) is 7.89. The Bertz CT molecular complexity index is 1880. The van der Waals surface area contributed by atoms with Gasteiger partial charge < -0.3 is 22.8 Å². The Morgan fingerprint density at radius 1 is 0.472 bits per heavy atom. The first kappa shape index (κ1) is 42.5. The molecule has 288 valence electrons. The second kappa shape index (κ2) is 16.6. The number of hydrogen-bond acceptors (Lipinski definition) is 5. The van der Waals surface area contributed by atoms with E-state index >= 15 is 0 Å². The molecule has 5 nitrogen and oxygen atoms in total. The topological polar surface area (TPSA) is 46.2 Å². The first-order chi connectivity index (χ1) is 24.6. The highest BCUT2D eigenvalue weighted by molar-refractivity contribution is 7.27. The first-order valence-electron chi connectivity index (χ1n) is 19.0. The second-order valence-corrected chi connectivity index (χ2v) is 19.2. The van der Waals surface area contributed by atoms with Crippen LogP contribution in [0.5, 0.6) is 28.7 Å². The number of benzene rings is 4. The van der Waals surface area contributed by atoms with Crippen LogP contribution in [0.25, 0.3) is 11.1 Å². The minimum Gasteiger partial charge on any atom is -0.488 e. The minimum absolute atomic E-state index is 0.147. The summed E-state index contributed by atoms with van der Waals surface area (Å²) in [5, 5.41) is 0. The lowest BCUT2D eigenvalue weighted by molar-refractivity contribution is 0.129. The maximum absolute atomic E-state index is 6.96. The Morgan fingerprint density at radius 2 is 0.868 bits per heavy atom. The van der Waals surface area contributed by atoms with Gasteiger partial charge in [0.25, 0.3) is 18.1 Å². The molecular formula is C46H64O5P2. The van der Waals surface area contributed by atoms with Gasteiger partial charge in [-0.1, -0.05) is 119 Å². The van der Waals surface area contributed by atoms with Crippen LogP contribution in [-0.2, 0) is 29.1 Å². The van der Waals surface area contributed by atoms with Crippen LogP contribution in [0.4, 0.5) is 0 Å². The van der Waals surface area contributed by atoms with Crippen LogP contribution in [0.3, 0.4) is 0 Å². The van der Waals surface area contributed by atoms with Crippen LogP contribution in [-0.4, -0.2) is 5.60 Å². The summed E-state index contributed by atoms with van der Waals surface area (Å²) in [6.07, 6.45) is 1.75. The molecule has 0 bridgehead atoms. The van der Waals surface area contributed by atoms with E-state index in [4.69, 9.17) is 22.8 Å². The lowest BCUT2D eigenvalue weighted by Gasteiger charge is -2.34. The molecule has 0 aliphatic carbocycles. The van der Waals surface area contributed by atoms with Gasteiger partial charge in [-0.05, 0) is 104 Å². The Hall–Kier alpha value is -3.26. The average Bonchev–Trinajstić information content (AvgIpc) is 3.04. The fraction of sp³-hybridized carbons (Fsp3) is 0.478. The van der Waals surface area contributed by atoms with Crippen molar-refractivity contribution in [3.05, 3.63) is 99.6 Å². The number of aryl methyl sites for hydroxylation is 2. The standard InChI is InChI=1S/C46H64O5P2/c1-17-31-23-19-21-25-36(31)48-52-50-41-34(44(8,9)10)27-33(43(5,6)7)29(3)39(41)40-30(4)38(47-46(14,15)16)28-35(45(11,12)13)42(40)51-53-49-37-26-22-20-24-32(37)18-2/h19-28,52-53H,17-18H2,1-16H3. The van der Waals surface area contributed by atoms with Crippen LogP contribution in [0, 0.1) is 13.8 Å². The molecular weight excluding hydrogens is 694 g/mol. The smallest absolute Gasteiger partial charge is 0.275 e. The van der Waals surface area contributed by atoms with E-state index in [1.807, 2.05) is 30.3 Å². The molecule has 0 fully saturated rings. The highest BCUT2D eigenvalue weighted by atomic mass is 31.1. The van der Waals surface area contributed by atoms with E-state index in [9.17, 15) is 0 Å². The predicted molar refractivity (Wildman–Crippen MR) is 229 cm³/mol. The van der Waals surface area contributed by atoms with Gasteiger partial charge in [0.2, 0.25) is 0 Å². The quantitative estimate of drug-likeness (QED) is 0.135. The molecule has 0 saturated carbocycles. The normalized spacial score (nSPS) is 12.9. The van der Waals surface area contributed by atoms with E-state index in [-0.39, 0.29) is 34.3 Å². The molecule has 0 radical (unpaired) electrons. The van der Waals surface area contributed by atoms with Gasteiger partial charge in [0.1, 0.15) is 34.3 Å². The third-order valence-electron chi connectivity index (χ3n) is 9.42. The summed E-state index contributed by atoms with van der Waals surface area (Å²) < 4.78 is 33.5. The molecule has 0 spiro atoms. The zero-order chi connectivity index (χ0) is 39.5. The Labute approximate surface area is 324 Å². The molecule has 53 heavy (non-hydrogen) atoms. The van der Waals surface area contributed by atoms with Gasteiger partial charge in [0, 0.05) is 27.8 Å². The minimum atomic E-state index is -0.422. The van der Waals surface area contributed by atoms with Crippen molar-refractivity contribution in [2.24, 2.45) is 0 Å².